The summed E-state index contributed by atoms with van der Waals surface area (Å²) >= 11 is 6.35. The van der Waals surface area contributed by atoms with E-state index in [4.69, 9.17) is 16.7 Å². The number of anilines is 1. The number of halogens is 1. The lowest BCUT2D eigenvalue weighted by atomic mass is 10.1. The summed E-state index contributed by atoms with van der Waals surface area (Å²) in [6.07, 6.45) is 6.63. The highest BCUT2D eigenvalue weighted by molar-refractivity contribution is 6.33. The maximum atomic E-state index is 13.7. The van der Waals surface area contributed by atoms with Crippen molar-refractivity contribution >= 4 is 39.7 Å². The highest BCUT2D eigenvalue weighted by Gasteiger charge is 2.34. The molecule has 0 saturated carbocycles. The van der Waals surface area contributed by atoms with E-state index in [-0.39, 0.29) is 11.6 Å². The van der Waals surface area contributed by atoms with Gasteiger partial charge in [0.05, 0.1) is 27.8 Å². The lowest BCUT2D eigenvalue weighted by Gasteiger charge is -2.28. The molecule has 5 heterocycles. The number of benzene rings is 1. The summed E-state index contributed by atoms with van der Waals surface area (Å²) in [6, 6.07) is 10.9. The van der Waals surface area contributed by atoms with Crippen molar-refractivity contribution in [3.05, 3.63) is 81.9 Å². The fourth-order valence-corrected chi connectivity index (χ4v) is 5.11. The van der Waals surface area contributed by atoms with Crippen LogP contribution in [0.3, 0.4) is 0 Å². The van der Waals surface area contributed by atoms with Crippen molar-refractivity contribution in [3.63, 3.8) is 0 Å². The molecule has 1 saturated heterocycles. The largest absolute Gasteiger partial charge is 0.411 e. The predicted molar refractivity (Wildman–Crippen MR) is 133 cm³/mol. The maximum absolute atomic E-state index is 13.7. The topological polar surface area (TPSA) is 117 Å². The molecule has 5 aromatic rings. The number of aromatic amines is 1. The molecule has 35 heavy (non-hydrogen) atoms. The molecular formula is C24H21ClN8O2. The number of aromatic nitrogens is 6. The first-order chi connectivity index (χ1) is 17.1. The number of fused-ring (bicyclic) bond motifs is 2. The molecule has 6 rings (SSSR count). The maximum Gasteiger partial charge on any atom is 0.284 e. The van der Waals surface area contributed by atoms with Crippen LogP contribution in [0.2, 0.25) is 5.02 Å². The van der Waals surface area contributed by atoms with Crippen LogP contribution in [0, 0.1) is 0 Å². The normalized spacial score (nSPS) is 16.6. The monoisotopic (exact) mass is 488 g/mol. The van der Waals surface area contributed by atoms with Crippen LogP contribution in [0.1, 0.15) is 37.2 Å². The average molecular weight is 489 g/mol. The van der Waals surface area contributed by atoms with Crippen molar-refractivity contribution in [1.82, 2.24) is 29.1 Å². The van der Waals surface area contributed by atoms with Gasteiger partial charge in [0.1, 0.15) is 23.3 Å². The SMILES string of the molecule is CC(=NO)c1c[nH]c2ncnc(N3CCC[C@H]3c3nn4ccc(Cl)c4c(=O)n3-c3ccccc3)c12. The minimum Gasteiger partial charge on any atom is -0.411 e. The molecule has 4 aromatic heterocycles. The van der Waals surface area contributed by atoms with E-state index in [1.54, 1.807) is 34.5 Å². The molecule has 0 bridgehead atoms. The summed E-state index contributed by atoms with van der Waals surface area (Å²) in [5, 5.41) is 18.8. The molecule has 2 N–H and O–H groups in total. The summed E-state index contributed by atoms with van der Waals surface area (Å²) in [5.74, 6) is 1.28. The van der Waals surface area contributed by atoms with Gasteiger partial charge in [-0.3, -0.25) is 9.36 Å². The highest BCUT2D eigenvalue weighted by Crippen LogP contribution is 2.38. The third kappa shape index (κ3) is 3.28. The van der Waals surface area contributed by atoms with Gasteiger partial charge in [0.25, 0.3) is 5.56 Å². The first kappa shape index (κ1) is 21.4. The average Bonchev–Trinajstić information content (AvgIpc) is 3.62. The summed E-state index contributed by atoms with van der Waals surface area (Å²) < 4.78 is 3.19. The fraction of sp³-hybridized carbons (Fsp3) is 0.208. The summed E-state index contributed by atoms with van der Waals surface area (Å²) in [4.78, 5) is 28.0. The molecule has 11 heteroatoms. The second kappa shape index (κ2) is 8.24. The summed E-state index contributed by atoms with van der Waals surface area (Å²) in [6.45, 7) is 2.44. The van der Waals surface area contributed by atoms with E-state index in [1.807, 2.05) is 30.3 Å². The molecule has 0 amide bonds. The predicted octanol–water partition coefficient (Wildman–Crippen LogP) is 3.95. The number of hydrogen-bond acceptors (Lipinski definition) is 7. The second-order valence-corrected chi connectivity index (χ2v) is 8.86. The zero-order chi connectivity index (χ0) is 24.1. The van der Waals surface area contributed by atoms with Gasteiger partial charge in [-0.05, 0) is 38.0 Å². The Hall–Kier alpha value is -4.18. The van der Waals surface area contributed by atoms with E-state index in [0.29, 0.717) is 51.3 Å². The van der Waals surface area contributed by atoms with E-state index >= 15 is 0 Å². The molecule has 1 atom stereocenters. The van der Waals surface area contributed by atoms with Crippen LogP contribution in [0.5, 0.6) is 0 Å². The lowest BCUT2D eigenvalue weighted by molar-refractivity contribution is 0.319. The molecule has 1 aromatic carbocycles. The van der Waals surface area contributed by atoms with Crippen LogP contribution < -0.4 is 10.5 Å². The van der Waals surface area contributed by atoms with Crippen LogP contribution in [0.15, 0.2) is 65.1 Å². The van der Waals surface area contributed by atoms with Crippen molar-refractivity contribution < 1.29 is 5.21 Å². The zero-order valence-electron chi connectivity index (χ0n) is 18.8. The van der Waals surface area contributed by atoms with E-state index in [9.17, 15) is 10.0 Å². The van der Waals surface area contributed by atoms with Gasteiger partial charge in [-0.2, -0.15) is 5.10 Å². The van der Waals surface area contributed by atoms with Crippen molar-refractivity contribution in [2.24, 2.45) is 5.16 Å². The van der Waals surface area contributed by atoms with Crippen molar-refractivity contribution in [2.45, 2.75) is 25.8 Å². The Morgan fingerprint density at radius 2 is 2.06 bits per heavy atom. The van der Waals surface area contributed by atoms with Crippen molar-refractivity contribution in [1.29, 1.82) is 0 Å². The Bertz CT molecular complexity index is 1650. The first-order valence-electron chi connectivity index (χ1n) is 11.2. The molecule has 10 nitrogen and oxygen atoms in total. The van der Waals surface area contributed by atoms with E-state index in [0.717, 1.165) is 18.2 Å². The molecule has 0 spiro atoms. The van der Waals surface area contributed by atoms with Crippen LogP contribution in [0.4, 0.5) is 5.82 Å². The third-order valence-corrected chi connectivity index (χ3v) is 6.79. The number of nitrogens with zero attached hydrogens (tertiary/aromatic N) is 7. The number of H-pyrrole nitrogens is 1. The lowest BCUT2D eigenvalue weighted by Crippen LogP contribution is -2.33. The van der Waals surface area contributed by atoms with Gasteiger partial charge in [-0.15, -0.1) is 0 Å². The molecular weight excluding hydrogens is 468 g/mol. The second-order valence-electron chi connectivity index (χ2n) is 8.45. The van der Waals surface area contributed by atoms with Gasteiger partial charge in [0.2, 0.25) is 0 Å². The van der Waals surface area contributed by atoms with Gasteiger partial charge < -0.3 is 15.1 Å². The van der Waals surface area contributed by atoms with Gasteiger partial charge in [-0.25, -0.2) is 14.5 Å². The Morgan fingerprint density at radius 1 is 1.23 bits per heavy atom. The highest BCUT2D eigenvalue weighted by atomic mass is 35.5. The fourth-order valence-electron chi connectivity index (χ4n) is 4.88. The molecule has 0 radical (unpaired) electrons. The molecule has 1 aliphatic heterocycles. The molecule has 0 unspecified atom stereocenters. The number of hydrogen-bond donors (Lipinski definition) is 2. The van der Waals surface area contributed by atoms with Gasteiger partial charge >= 0.3 is 0 Å². The number of rotatable bonds is 4. The van der Waals surface area contributed by atoms with Crippen molar-refractivity contribution in [2.75, 3.05) is 11.4 Å². The number of para-hydroxylation sites is 1. The Kier molecular flexibility index (Phi) is 5.03. The zero-order valence-corrected chi connectivity index (χ0v) is 19.5. The Balaban J connectivity index is 1.59. The Morgan fingerprint density at radius 3 is 2.86 bits per heavy atom. The summed E-state index contributed by atoms with van der Waals surface area (Å²) in [7, 11) is 0. The smallest absolute Gasteiger partial charge is 0.284 e. The molecule has 0 aliphatic carbocycles. The molecule has 176 valence electrons. The van der Waals surface area contributed by atoms with E-state index in [2.05, 4.69) is 25.0 Å². The quantitative estimate of drug-likeness (QED) is 0.225. The van der Waals surface area contributed by atoms with Crippen LogP contribution in [-0.4, -0.2) is 46.6 Å². The third-order valence-electron chi connectivity index (χ3n) is 6.49. The van der Waals surface area contributed by atoms with Crippen LogP contribution in [0.25, 0.3) is 22.2 Å². The van der Waals surface area contributed by atoms with Crippen molar-refractivity contribution in [3.8, 4) is 5.69 Å². The van der Waals surface area contributed by atoms with Crippen LogP contribution in [-0.2, 0) is 0 Å². The van der Waals surface area contributed by atoms with E-state index in [1.165, 1.54) is 6.33 Å². The Labute approximate surface area is 204 Å². The van der Waals surface area contributed by atoms with Crippen LogP contribution >= 0.6 is 11.6 Å². The van der Waals surface area contributed by atoms with Gasteiger partial charge in [0.15, 0.2) is 5.82 Å². The van der Waals surface area contributed by atoms with Gasteiger partial charge in [0, 0.05) is 24.5 Å². The molecule has 1 fully saturated rings. The van der Waals surface area contributed by atoms with E-state index < -0.39 is 0 Å². The summed E-state index contributed by atoms with van der Waals surface area (Å²) in [5.41, 5.74) is 2.61. The number of nitrogens with one attached hydrogen (secondary N) is 1. The minimum atomic E-state index is -0.235. The standard InChI is InChI=1S/C24H21ClN8O2/c1-14(30-35)16-12-26-21-19(16)23(28-13-27-21)31-10-5-8-18(31)22-29-32-11-9-17(25)20(32)24(34)33(22)15-6-3-2-4-7-15/h2-4,6-7,9,11-13,18,35H,5,8,10H2,1H3,(H,26,27,28)/t18-/m0/s1. The molecule has 1 aliphatic rings. The van der Waals surface area contributed by atoms with Gasteiger partial charge in [-0.1, -0.05) is 35.0 Å². The number of oxime groups is 1. The first-order valence-corrected chi connectivity index (χ1v) is 11.6. The minimum absolute atomic E-state index is 0.235.